The molecule has 0 aromatic carbocycles. The number of aliphatic hydroxyl groups is 1. The summed E-state index contributed by atoms with van der Waals surface area (Å²) < 4.78 is 21.4. The lowest BCUT2D eigenvalue weighted by molar-refractivity contribution is -0.123. The summed E-state index contributed by atoms with van der Waals surface area (Å²) in [5, 5.41) is 11.4. The molecule has 5 nitrogen and oxygen atoms in total. The highest BCUT2D eigenvalue weighted by Gasteiger charge is 2.38. The fourth-order valence-electron chi connectivity index (χ4n) is 1.06. The van der Waals surface area contributed by atoms with E-state index in [1.54, 1.807) is 0 Å². The molecule has 0 saturated heterocycles. The smallest absolute Gasteiger partial charge is 0.241 e. The highest BCUT2D eigenvalue weighted by atomic mass is 32.2. The monoisotopic (exact) mass is 251 g/mol. The normalized spacial score (nSPS) is 14.6. The van der Waals surface area contributed by atoms with Crippen LogP contribution in [0.2, 0.25) is 0 Å². The summed E-state index contributed by atoms with van der Waals surface area (Å²) in [6.45, 7) is 4.60. The first kappa shape index (κ1) is 15.4. The van der Waals surface area contributed by atoms with Crippen molar-refractivity contribution in [2.24, 2.45) is 0 Å². The molecule has 0 aliphatic heterocycles. The van der Waals surface area contributed by atoms with Gasteiger partial charge in [-0.15, -0.1) is 0 Å². The van der Waals surface area contributed by atoms with Crippen LogP contribution >= 0.6 is 0 Å². The van der Waals surface area contributed by atoms with E-state index in [1.807, 2.05) is 6.92 Å². The lowest BCUT2D eigenvalue weighted by atomic mass is 10.1. The highest BCUT2D eigenvalue weighted by molar-refractivity contribution is 7.92. The van der Waals surface area contributed by atoms with E-state index in [-0.39, 0.29) is 12.6 Å². The fraction of sp³-hybridized carbons (Fsp3) is 0.900. The van der Waals surface area contributed by atoms with Gasteiger partial charge in [0.15, 0.2) is 9.84 Å². The first-order valence-electron chi connectivity index (χ1n) is 5.28. The topological polar surface area (TPSA) is 83.5 Å². The molecule has 0 aromatic rings. The molecule has 16 heavy (non-hydrogen) atoms. The summed E-state index contributed by atoms with van der Waals surface area (Å²) in [5.74, 6) is -0.518. The number of sulfone groups is 1. The average molecular weight is 251 g/mol. The van der Waals surface area contributed by atoms with E-state index < -0.39 is 20.5 Å². The Morgan fingerprint density at radius 1 is 1.44 bits per heavy atom. The maximum atomic E-state index is 11.8. The van der Waals surface area contributed by atoms with Crippen molar-refractivity contribution in [2.75, 3.05) is 12.9 Å². The maximum Gasteiger partial charge on any atom is 0.241 e. The zero-order valence-corrected chi connectivity index (χ0v) is 11.1. The van der Waals surface area contributed by atoms with E-state index in [2.05, 4.69) is 5.32 Å². The molecular weight excluding hydrogens is 230 g/mol. The third-order valence-corrected chi connectivity index (χ3v) is 4.82. The molecule has 2 N–H and O–H groups in total. The molecule has 6 heteroatoms. The molecular formula is C10H21NO4S. The van der Waals surface area contributed by atoms with Crippen LogP contribution in [0.1, 0.15) is 33.6 Å². The van der Waals surface area contributed by atoms with Crippen molar-refractivity contribution in [2.45, 2.75) is 44.4 Å². The van der Waals surface area contributed by atoms with Crippen molar-refractivity contribution < 1.29 is 18.3 Å². The van der Waals surface area contributed by atoms with Crippen LogP contribution in [-0.2, 0) is 14.6 Å². The first-order valence-corrected chi connectivity index (χ1v) is 7.17. The molecule has 0 radical (unpaired) electrons. The van der Waals surface area contributed by atoms with Crippen molar-refractivity contribution in [1.29, 1.82) is 0 Å². The second-order valence-electron chi connectivity index (χ2n) is 4.37. The molecule has 0 rings (SSSR count). The first-order chi connectivity index (χ1) is 7.16. The van der Waals surface area contributed by atoms with Crippen LogP contribution in [0.15, 0.2) is 0 Å². The number of nitrogens with one attached hydrogen (secondary N) is 1. The predicted octanol–water partition coefficient (Wildman–Crippen LogP) is 0.0868. The third kappa shape index (κ3) is 3.75. The maximum absolute atomic E-state index is 11.8. The summed E-state index contributed by atoms with van der Waals surface area (Å²) in [5.41, 5.74) is 0. The summed E-state index contributed by atoms with van der Waals surface area (Å²) >= 11 is 0. The average Bonchev–Trinajstić information content (AvgIpc) is 2.15. The molecule has 1 atom stereocenters. The number of carbonyl (C=O) groups is 1. The van der Waals surface area contributed by atoms with Gasteiger partial charge in [0.25, 0.3) is 0 Å². The van der Waals surface area contributed by atoms with Gasteiger partial charge in [0, 0.05) is 18.9 Å². The van der Waals surface area contributed by atoms with Crippen LogP contribution in [0.5, 0.6) is 0 Å². The van der Waals surface area contributed by atoms with Gasteiger partial charge in [-0.05, 0) is 26.7 Å². The third-order valence-electron chi connectivity index (χ3n) is 2.78. The van der Waals surface area contributed by atoms with Gasteiger partial charge >= 0.3 is 0 Å². The van der Waals surface area contributed by atoms with Crippen LogP contribution in [0, 0.1) is 0 Å². The minimum Gasteiger partial charge on any atom is -0.396 e. The van der Waals surface area contributed by atoms with E-state index >= 15 is 0 Å². The van der Waals surface area contributed by atoms with Gasteiger partial charge in [0.2, 0.25) is 5.91 Å². The molecule has 96 valence electrons. The largest absolute Gasteiger partial charge is 0.396 e. The van der Waals surface area contributed by atoms with Crippen molar-refractivity contribution >= 4 is 15.7 Å². The zero-order valence-electron chi connectivity index (χ0n) is 10.3. The molecule has 0 aromatic heterocycles. The molecule has 1 unspecified atom stereocenters. The van der Waals surface area contributed by atoms with E-state index in [1.165, 1.54) is 13.8 Å². The van der Waals surface area contributed by atoms with E-state index in [4.69, 9.17) is 5.11 Å². The Hall–Kier alpha value is -0.620. The van der Waals surface area contributed by atoms with Crippen molar-refractivity contribution in [1.82, 2.24) is 5.32 Å². The molecule has 0 aliphatic rings. The van der Waals surface area contributed by atoms with Gasteiger partial charge in [-0.3, -0.25) is 4.79 Å². The number of aliphatic hydroxyl groups excluding tert-OH is 1. The van der Waals surface area contributed by atoms with Gasteiger partial charge < -0.3 is 10.4 Å². The van der Waals surface area contributed by atoms with Gasteiger partial charge in [-0.1, -0.05) is 6.92 Å². The Kier molecular flexibility index (Phi) is 5.41. The molecule has 0 aliphatic carbocycles. The Morgan fingerprint density at radius 3 is 2.25 bits per heavy atom. The Labute approximate surface area is 97.2 Å². The quantitative estimate of drug-likeness (QED) is 0.700. The van der Waals surface area contributed by atoms with E-state index in [0.717, 1.165) is 6.26 Å². The fourth-order valence-corrected chi connectivity index (χ4v) is 1.46. The molecule has 0 spiro atoms. The lowest BCUT2D eigenvalue weighted by Crippen LogP contribution is -2.50. The van der Waals surface area contributed by atoms with Crippen LogP contribution in [0.4, 0.5) is 0 Å². The number of hydrogen-bond donors (Lipinski definition) is 2. The molecule has 0 bridgehead atoms. The Morgan fingerprint density at radius 2 is 1.94 bits per heavy atom. The summed E-state index contributed by atoms with van der Waals surface area (Å²) in [4.78, 5) is 11.8. The zero-order chi connectivity index (χ0) is 13.0. The predicted molar refractivity (Wildman–Crippen MR) is 62.8 cm³/mol. The summed E-state index contributed by atoms with van der Waals surface area (Å²) in [7, 11) is -3.44. The van der Waals surface area contributed by atoms with Crippen LogP contribution in [0.25, 0.3) is 0 Å². The Balaban J connectivity index is 4.69. The Bertz CT molecular complexity index is 335. The van der Waals surface area contributed by atoms with Crippen molar-refractivity contribution in [3.63, 3.8) is 0 Å². The highest BCUT2D eigenvalue weighted by Crippen LogP contribution is 2.15. The number of rotatable bonds is 6. The molecule has 1 amide bonds. The minimum atomic E-state index is -3.44. The van der Waals surface area contributed by atoms with Crippen LogP contribution in [-0.4, -0.2) is 43.1 Å². The summed E-state index contributed by atoms with van der Waals surface area (Å²) in [6, 6.07) is -0.182. The second-order valence-corrected chi connectivity index (χ2v) is 6.94. The van der Waals surface area contributed by atoms with E-state index in [9.17, 15) is 13.2 Å². The van der Waals surface area contributed by atoms with Crippen LogP contribution in [0.3, 0.4) is 0 Å². The van der Waals surface area contributed by atoms with Gasteiger partial charge in [0.1, 0.15) is 4.75 Å². The van der Waals surface area contributed by atoms with Crippen molar-refractivity contribution in [3.8, 4) is 0 Å². The van der Waals surface area contributed by atoms with E-state index in [0.29, 0.717) is 12.8 Å². The molecule has 0 saturated carbocycles. The van der Waals surface area contributed by atoms with Gasteiger partial charge in [0.05, 0.1) is 0 Å². The molecule has 0 fully saturated rings. The molecule has 0 heterocycles. The number of hydrogen-bond acceptors (Lipinski definition) is 4. The summed E-state index contributed by atoms with van der Waals surface area (Å²) in [6.07, 6.45) is 2.13. The van der Waals surface area contributed by atoms with Gasteiger partial charge in [-0.25, -0.2) is 8.42 Å². The second kappa shape index (κ2) is 5.63. The minimum absolute atomic E-state index is 0.0297. The number of amides is 1. The SMILES string of the molecule is CCC(CCO)NC(=O)C(C)(C)S(C)(=O)=O. The van der Waals surface area contributed by atoms with Crippen molar-refractivity contribution in [3.05, 3.63) is 0 Å². The standard InChI is InChI=1S/C10H21NO4S/c1-5-8(6-7-12)11-9(13)10(2,3)16(4,14)15/h8,12H,5-7H2,1-4H3,(H,11,13). The lowest BCUT2D eigenvalue weighted by Gasteiger charge is -2.25. The van der Waals surface area contributed by atoms with Crippen LogP contribution < -0.4 is 5.32 Å². The van der Waals surface area contributed by atoms with Gasteiger partial charge in [-0.2, -0.15) is 0 Å². The number of carbonyl (C=O) groups excluding carboxylic acids is 1.